The molecular weight excluding hydrogens is 398 g/mol. The van der Waals surface area contributed by atoms with Gasteiger partial charge in [-0.2, -0.15) is 0 Å². The second kappa shape index (κ2) is 9.08. The maximum absolute atomic E-state index is 12.7. The number of anilines is 2. The molecule has 0 aromatic heterocycles. The molecule has 1 aliphatic heterocycles. The van der Waals surface area contributed by atoms with Gasteiger partial charge in [-0.1, -0.05) is 18.2 Å². The molecule has 1 unspecified atom stereocenters. The number of amides is 1. The lowest BCUT2D eigenvalue weighted by Crippen LogP contribution is -2.41. The summed E-state index contributed by atoms with van der Waals surface area (Å²) in [5, 5.41) is 2.93. The van der Waals surface area contributed by atoms with Gasteiger partial charge in [0.15, 0.2) is 0 Å². The van der Waals surface area contributed by atoms with Crippen LogP contribution in [0.3, 0.4) is 0 Å². The highest BCUT2D eigenvalue weighted by atomic mass is 32.2. The second-order valence-corrected chi connectivity index (χ2v) is 10.1. The van der Waals surface area contributed by atoms with Gasteiger partial charge in [-0.15, -0.1) is 0 Å². The molecule has 0 spiro atoms. The lowest BCUT2D eigenvalue weighted by atomic mass is 10.1. The van der Waals surface area contributed by atoms with Crippen molar-refractivity contribution in [2.24, 2.45) is 0 Å². The summed E-state index contributed by atoms with van der Waals surface area (Å²) >= 11 is 0. The van der Waals surface area contributed by atoms with Crippen LogP contribution in [0.5, 0.6) is 0 Å². The van der Waals surface area contributed by atoms with Crippen molar-refractivity contribution in [3.05, 3.63) is 59.2 Å². The predicted molar refractivity (Wildman–Crippen MR) is 123 cm³/mol. The first-order chi connectivity index (χ1) is 14.1. The van der Waals surface area contributed by atoms with Gasteiger partial charge in [-0.25, -0.2) is 8.42 Å². The van der Waals surface area contributed by atoms with Gasteiger partial charge in [-0.3, -0.25) is 9.10 Å². The van der Waals surface area contributed by atoms with Crippen LogP contribution in [0.2, 0.25) is 0 Å². The highest BCUT2D eigenvalue weighted by Gasteiger charge is 2.22. The van der Waals surface area contributed by atoms with Crippen LogP contribution >= 0.6 is 0 Å². The third-order valence-electron chi connectivity index (χ3n) is 5.42. The van der Waals surface area contributed by atoms with Crippen LogP contribution in [-0.2, 0) is 14.8 Å². The molecule has 0 saturated carbocycles. The molecular formula is C23H31N3O3S. The number of nitrogens with zero attached hydrogens (tertiary/aromatic N) is 2. The van der Waals surface area contributed by atoms with Gasteiger partial charge in [0.25, 0.3) is 0 Å². The van der Waals surface area contributed by atoms with Gasteiger partial charge in [0, 0.05) is 18.8 Å². The van der Waals surface area contributed by atoms with E-state index >= 15 is 0 Å². The summed E-state index contributed by atoms with van der Waals surface area (Å²) in [6.45, 7) is 7.65. The van der Waals surface area contributed by atoms with E-state index in [1.165, 1.54) is 18.5 Å². The van der Waals surface area contributed by atoms with Crippen molar-refractivity contribution in [1.29, 1.82) is 0 Å². The van der Waals surface area contributed by atoms with Crippen LogP contribution in [0, 0.1) is 13.8 Å². The number of rotatable bonds is 7. The maximum atomic E-state index is 12.7. The van der Waals surface area contributed by atoms with Gasteiger partial charge in [0.1, 0.15) is 6.54 Å². The molecule has 1 aliphatic rings. The van der Waals surface area contributed by atoms with E-state index in [-0.39, 0.29) is 18.5 Å². The molecule has 1 N–H and O–H groups in total. The Morgan fingerprint density at radius 3 is 2.17 bits per heavy atom. The van der Waals surface area contributed by atoms with Gasteiger partial charge in [0.05, 0.1) is 18.0 Å². The first-order valence-corrected chi connectivity index (χ1v) is 12.2. The van der Waals surface area contributed by atoms with Crippen LogP contribution in [0.15, 0.2) is 42.5 Å². The maximum Gasteiger partial charge on any atom is 0.241 e. The Hall–Kier alpha value is -2.54. The first kappa shape index (κ1) is 22.2. The highest BCUT2D eigenvalue weighted by molar-refractivity contribution is 7.92. The van der Waals surface area contributed by atoms with Crippen LogP contribution < -0.4 is 14.5 Å². The van der Waals surface area contributed by atoms with E-state index in [9.17, 15) is 13.2 Å². The van der Waals surface area contributed by atoms with Crippen molar-refractivity contribution < 1.29 is 13.2 Å². The fourth-order valence-electron chi connectivity index (χ4n) is 3.94. The molecule has 1 atom stereocenters. The lowest BCUT2D eigenvalue weighted by Gasteiger charge is -2.24. The number of carbonyl (C=O) groups is 1. The Morgan fingerprint density at radius 1 is 1.07 bits per heavy atom. The summed E-state index contributed by atoms with van der Waals surface area (Å²) in [6.07, 6.45) is 3.58. The molecule has 0 radical (unpaired) electrons. The fraction of sp³-hybridized carbons (Fsp3) is 0.435. The number of hydrogen-bond acceptors (Lipinski definition) is 4. The molecule has 1 heterocycles. The van der Waals surface area contributed by atoms with E-state index in [0.717, 1.165) is 40.3 Å². The van der Waals surface area contributed by atoms with E-state index in [1.807, 2.05) is 39.0 Å². The minimum atomic E-state index is -3.60. The van der Waals surface area contributed by atoms with Crippen molar-refractivity contribution in [2.45, 2.75) is 39.7 Å². The number of sulfonamides is 1. The Balaban J connectivity index is 1.69. The summed E-state index contributed by atoms with van der Waals surface area (Å²) in [7, 11) is -3.60. The molecule has 3 rings (SSSR count). The zero-order valence-electron chi connectivity index (χ0n) is 18.2. The minimum absolute atomic E-state index is 0.217. The molecule has 0 aliphatic carbocycles. The average Bonchev–Trinajstić information content (AvgIpc) is 3.19. The van der Waals surface area contributed by atoms with Crippen molar-refractivity contribution in [3.8, 4) is 0 Å². The molecule has 1 amide bonds. The number of nitrogens with one attached hydrogen (secondary N) is 1. The van der Waals surface area contributed by atoms with E-state index in [0.29, 0.717) is 5.69 Å². The molecule has 30 heavy (non-hydrogen) atoms. The van der Waals surface area contributed by atoms with Crippen LogP contribution in [0.25, 0.3) is 0 Å². The molecule has 7 heteroatoms. The second-order valence-electron chi connectivity index (χ2n) is 8.19. The molecule has 2 aromatic carbocycles. The monoisotopic (exact) mass is 429 g/mol. The van der Waals surface area contributed by atoms with Crippen LogP contribution in [0.4, 0.5) is 11.4 Å². The lowest BCUT2D eigenvalue weighted by molar-refractivity contribution is -0.120. The van der Waals surface area contributed by atoms with E-state index in [1.54, 1.807) is 12.1 Å². The number of carbonyl (C=O) groups excluding carboxylic acids is 1. The predicted octanol–water partition coefficient (Wildman–Crippen LogP) is 3.55. The Morgan fingerprint density at radius 2 is 1.63 bits per heavy atom. The Labute approximate surface area is 179 Å². The quantitative estimate of drug-likeness (QED) is 0.731. The van der Waals surface area contributed by atoms with E-state index in [2.05, 4.69) is 22.3 Å². The smallest absolute Gasteiger partial charge is 0.241 e. The van der Waals surface area contributed by atoms with E-state index < -0.39 is 10.0 Å². The van der Waals surface area contributed by atoms with Crippen LogP contribution in [0.1, 0.15) is 42.5 Å². The topological polar surface area (TPSA) is 69.7 Å². The molecule has 6 nitrogen and oxygen atoms in total. The van der Waals surface area contributed by atoms with Gasteiger partial charge in [0.2, 0.25) is 15.9 Å². The number of aryl methyl sites for hydroxylation is 2. The summed E-state index contributed by atoms with van der Waals surface area (Å²) < 4.78 is 25.9. The van der Waals surface area contributed by atoms with Crippen LogP contribution in [-0.4, -0.2) is 40.2 Å². The Kier molecular flexibility index (Phi) is 6.71. The average molecular weight is 430 g/mol. The highest BCUT2D eigenvalue weighted by Crippen LogP contribution is 2.24. The fourth-order valence-corrected chi connectivity index (χ4v) is 4.78. The van der Waals surface area contributed by atoms with Gasteiger partial charge < -0.3 is 10.2 Å². The number of hydrogen-bond donors (Lipinski definition) is 1. The minimum Gasteiger partial charge on any atom is -0.372 e. The Bertz CT molecular complexity index is 977. The van der Waals surface area contributed by atoms with Crippen molar-refractivity contribution >= 4 is 27.3 Å². The third-order valence-corrected chi connectivity index (χ3v) is 6.56. The number of benzene rings is 2. The van der Waals surface area contributed by atoms with Crippen molar-refractivity contribution in [2.75, 3.05) is 35.1 Å². The standard InChI is InChI=1S/C23H31N3O3S/c1-17-13-18(2)15-22(14-17)26(30(4,28)29)16-23(27)24-19(3)20-7-9-21(10-8-20)25-11-5-6-12-25/h7-10,13-15,19H,5-6,11-12,16H2,1-4H3,(H,24,27). The normalized spacial score (nSPS) is 15.1. The summed E-state index contributed by atoms with van der Waals surface area (Å²) in [6, 6.07) is 13.5. The zero-order valence-corrected chi connectivity index (χ0v) is 19.0. The molecule has 2 aromatic rings. The van der Waals surface area contributed by atoms with Gasteiger partial charge >= 0.3 is 0 Å². The summed E-state index contributed by atoms with van der Waals surface area (Å²) in [5.41, 5.74) is 4.60. The van der Waals surface area contributed by atoms with Crippen molar-refractivity contribution in [1.82, 2.24) is 5.32 Å². The third kappa shape index (κ3) is 5.53. The SMILES string of the molecule is Cc1cc(C)cc(N(CC(=O)NC(C)c2ccc(N3CCCC3)cc2)S(C)(=O)=O)c1. The molecule has 0 bridgehead atoms. The largest absolute Gasteiger partial charge is 0.372 e. The van der Waals surface area contributed by atoms with Crippen molar-refractivity contribution in [3.63, 3.8) is 0 Å². The molecule has 1 saturated heterocycles. The molecule has 162 valence electrons. The summed E-state index contributed by atoms with van der Waals surface area (Å²) in [4.78, 5) is 15.0. The zero-order chi connectivity index (χ0) is 21.9. The summed E-state index contributed by atoms with van der Waals surface area (Å²) in [5.74, 6) is -0.337. The van der Waals surface area contributed by atoms with E-state index in [4.69, 9.17) is 0 Å². The first-order valence-electron chi connectivity index (χ1n) is 10.3. The molecule has 1 fully saturated rings. The van der Waals surface area contributed by atoms with Gasteiger partial charge in [-0.05, 0) is 74.6 Å².